The first kappa shape index (κ1) is 16.3. The largest absolute Gasteiger partial charge is 0.369 e. The van der Waals surface area contributed by atoms with Crippen molar-refractivity contribution in [1.29, 1.82) is 0 Å². The van der Waals surface area contributed by atoms with Gasteiger partial charge in [-0.3, -0.25) is 4.79 Å². The number of carbonyl (C=O) groups excluding carboxylic acids is 1. The highest BCUT2D eigenvalue weighted by atomic mass is 32.2. The number of thioether (sulfide) groups is 1. The summed E-state index contributed by atoms with van der Waals surface area (Å²) in [5.74, 6) is 0.387. The average molecular weight is 337 g/mol. The Morgan fingerprint density at radius 3 is 2.38 bits per heavy atom. The first-order valence-electron chi connectivity index (χ1n) is 7.75. The molecule has 2 aromatic carbocycles. The molecule has 0 radical (unpaired) electrons. The number of hydrogen-bond donors (Lipinski definition) is 1. The minimum atomic E-state index is -0.295. The van der Waals surface area contributed by atoms with Crippen molar-refractivity contribution in [1.82, 2.24) is 9.78 Å². The number of nitrogens with zero attached hydrogens (tertiary/aromatic N) is 2. The van der Waals surface area contributed by atoms with E-state index in [0.717, 1.165) is 22.5 Å². The van der Waals surface area contributed by atoms with E-state index in [2.05, 4.69) is 0 Å². The summed E-state index contributed by atoms with van der Waals surface area (Å²) >= 11 is 1.53. The van der Waals surface area contributed by atoms with E-state index in [0.29, 0.717) is 5.75 Å². The van der Waals surface area contributed by atoms with Gasteiger partial charge in [-0.1, -0.05) is 48.5 Å². The van der Waals surface area contributed by atoms with Crippen LogP contribution in [0, 0.1) is 0 Å². The minimum absolute atomic E-state index is 0.228. The van der Waals surface area contributed by atoms with Crippen molar-refractivity contribution in [3.05, 3.63) is 72.4 Å². The van der Waals surface area contributed by atoms with Crippen molar-refractivity contribution < 1.29 is 4.79 Å². The zero-order chi connectivity index (χ0) is 16.9. The monoisotopic (exact) mass is 337 g/mol. The van der Waals surface area contributed by atoms with Gasteiger partial charge in [0.05, 0.1) is 16.6 Å². The molecule has 0 bridgehead atoms. The molecule has 0 aliphatic rings. The fraction of sp³-hybridized carbons (Fsp3) is 0.158. The third kappa shape index (κ3) is 3.68. The molecule has 1 atom stereocenters. The topological polar surface area (TPSA) is 60.9 Å². The van der Waals surface area contributed by atoms with E-state index in [-0.39, 0.29) is 11.2 Å². The fourth-order valence-electron chi connectivity index (χ4n) is 2.36. The molecule has 4 nitrogen and oxygen atoms in total. The number of amides is 1. The molecule has 1 unspecified atom stereocenters. The summed E-state index contributed by atoms with van der Waals surface area (Å²) < 4.78 is 1.88. The van der Waals surface area contributed by atoms with Gasteiger partial charge in [0.1, 0.15) is 0 Å². The van der Waals surface area contributed by atoms with Crippen molar-refractivity contribution >= 4 is 17.7 Å². The highest BCUT2D eigenvalue weighted by Crippen LogP contribution is 2.28. The first-order chi connectivity index (χ1) is 11.6. The van der Waals surface area contributed by atoms with E-state index >= 15 is 0 Å². The molecule has 2 N–H and O–H groups in total. The third-order valence-electron chi connectivity index (χ3n) is 3.75. The van der Waals surface area contributed by atoms with Gasteiger partial charge >= 0.3 is 0 Å². The van der Waals surface area contributed by atoms with Crippen LogP contribution < -0.4 is 5.73 Å². The Morgan fingerprint density at radius 1 is 1.12 bits per heavy atom. The van der Waals surface area contributed by atoms with E-state index < -0.39 is 0 Å². The van der Waals surface area contributed by atoms with Gasteiger partial charge < -0.3 is 5.73 Å². The summed E-state index contributed by atoms with van der Waals surface area (Å²) in [6.07, 6.45) is 2.03. The SMILES string of the molecule is CC(SCc1cn(-c2ccccc2)nc1-c1ccccc1)C(N)=O. The van der Waals surface area contributed by atoms with E-state index in [1.807, 2.05) is 78.5 Å². The second-order valence-corrected chi connectivity index (χ2v) is 6.83. The maximum absolute atomic E-state index is 11.3. The standard InChI is InChI=1S/C19H19N3OS/c1-14(19(20)23)24-13-16-12-22(17-10-6-3-7-11-17)21-18(16)15-8-4-2-5-9-15/h2-12,14H,13H2,1H3,(H2,20,23). The number of rotatable bonds is 6. The van der Waals surface area contributed by atoms with E-state index in [9.17, 15) is 4.79 Å². The van der Waals surface area contributed by atoms with E-state index in [1.54, 1.807) is 0 Å². The maximum Gasteiger partial charge on any atom is 0.230 e. The van der Waals surface area contributed by atoms with E-state index in [4.69, 9.17) is 10.8 Å². The van der Waals surface area contributed by atoms with Crippen LogP contribution in [0.25, 0.3) is 16.9 Å². The Morgan fingerprint density at radius 2 is 1.75 bits per heavy atom. The van der Waals surface area contributed by atoms with Crippen molar-refractivity contribution in [2.75, 3.05) is 0 Å². The van der Waals surface area contributed by atoms with Gasteiger partial charge in [-0.15, -0.1) is 11.8 Å². The highest BCUT2D eigenvalue weighted by molar-refractivity contribution is 7.99. The van der Waals surface area contributed by atoms with Crippen LogP contribution in [0.2, 0.25) is 0 Å². The number of aromatic nitrogens is 2. The fourth-order valence-corrected chi connectivity index (χ4v) is 3.17. The van der Waals surface area contributed by atoms with Crippen LogP contribution in [-0.4, -0.2) is 20.9 Å². The van der Waals surface area contributed by atoms with Crippen molar-refractivity contribution in [3.8, 4) is 16.9 Å². The third-order valence-corrected chi connectivity index (χ3v) is 4.96. The molecule has 0 aliphatic heterocycles. The lowest BCUT2D eigenvalue weighted by Crippen LogP contribution is -2.22. The number of hydrogen-bond acceptors (Lipinski definition) is 3. The molecule has 5 heteroatoms. The quantitative estimate of drug-likeness (QED) is 0.747. The molecule has 1 amide bonds. The van der Waals surface area contributed by atoms with Gasteiger partial charge in [-0.2, -0.15) is 5.10 Å². The molecule has 24 heavy (non-hydrogen) atoms. The zero-order valence-electron chi connectivity index (χ0n) is 13.4. The van der Waals surface area contributed by atoms with Gasteiger partial charge in [-0.05, 0) is 19.1 Å². The number of para-hydroxylation sites is 1. The number of nitrogens with two attached hydrogens (primary N) is 1. The molecule has 0 fully saturated rings. The molecule has 122 valence electrons. The second-order valence-electron chi connectivity index (χ2n) is 5.50. The lowest BCUT2D eigenvalue weighted by atomic mass is 10.1. The average Bonchev–Trinajstić information content (AvgIpc) is 3.05. The summed E-state index contributed by atoms with van der Waals surface area (Å²) in [6, 6.07) is 20.1. The molecule has 0 spiro atoms. The summed E-state index contributed by atoms with van der Waals surface area (Å²) in [5.41, 5.74) is 9.46. The zero-order valence-corrected chi connectivity index (χ0v) is 14.2. The molecule has 1 heterocycles. The van der Waals surface area contributed by atoms with Gasteiger partial charge in [0.15, 0.2) is 0 Å². The Labute approximate surface area is 145 Å². The lowest BCUT2D eigenvalue weighted by Gasteiger charge is -2.06. The van der Waals surface area contributed by atoms with Crippen LogP contribution in [0.5, 0.6) is 0 Å². The van der Waals surface area contributed by atoms with Crippen LogP contribution in [0.4, 0.5) is 0 Å². The summed E-state index contributed by atoms with van der Waals surface area (Å²) in [4.78, 5) is 11.3. The maximum atomic E-state index is 11.3. The van der Waals surface area contributed by atoms with Crippen molar-refractivity contribution in [2.24, 2.45) is 5.73 Å². The van der Waals surface area contributed by atoms with Crippen molar-refractivity contribution in [2.45, 2.75) is 17.9 Å². The van der Waals surface area contributed by atoms with Crippen LogP contribution in [0.15, 0.2) is 66.9 Å². The second kappa shape index (κ2) is 7.36. The molecule has 3 rings (SSSR count). The smallest absolute Gasteiger partial charge is 0.230 e. The van der Waals surface area contributed by atoms with Gasteiger partial charge in [0, 0.05) is 23.1 Å². The molecule has 3 aromatic rings. The highest BCUT2D eigenvalue weighted by Gasteiger charge is 2.15. The van der Waals surface area contributed by atoms with Crippen LogP contribution in [-0.2, 0) is 10.5 Å². The van der Waals surface area contributed by atoms with Crippen LogP contribution >= 0.6 is 11.8 Å². The Bertz CT molecular complexity index is 815. The normalized spacial score (nSPS) is 12.0. The number of primary amides is 1. The summed E-state index contributed by atoms with van der Waals surface area (Å²) in [6.45, 7) is 1.83. The predicted octanol–water partition coefficient (Wildman–Crippen LogP) is 3.65. The Kier molecular flexibility index (Phi) is 5.01. The molecule has 0 saturated carbocycles. The van der Waals surface area contributed by atoms with Crippen molar-refractivity contribution in [3.63, 3.8) is 0 Å². The Hall–Kier alpha value is -2.53. The number of benzene rings is 2. The molecule has 0 aliphatic carbocycles. The predicted molar refractivity (Wildman–Crippen MR) is 99.0 cm³/mol. The van der Waals surface area contributed by atoms with E-state index in [1.165, 1.54) is 11.8 Å². The van der Waals surface area contributed by atoms with Gasteiger partial charge in [-0.25, -0.2) is 4.68 Å². The van der Waals surface area contributed by atoms with Gasteiger partial charge in [0.25, 0.3) is 0 Å². The number of carbonyl (C=O) groups is 1. The Balaban J connectivity index is 1.96. The summed E-state index contributed by atoms with van der Waals surface area (Å²) in [7, 11) is 0. The summed E-state index contributed by atoms with van der Waals surface area (Å²) in [5, 5.41) is 4.53. The minimum Gasteiger partial charge on any atom is -0.369 e. The lowest BCUT2D eigenvalue weighted by molar-refractivity contribution is -0.117. The van der Waals surface area contributed by atoms with Crippen LogP contribution in [0.3, 0.4) is 0 Å². The van der Waals surface area contributed by atoms with Gasteiger partial charge in [0.2, 0.25) is 5.91 Å². The first-order valence-corrected chi connectivity index (χ1v) is 8.80. The molecular weight excluding hydrogens is 318 g/mol. The van der Waals surface area contributed by atoms with Crippen LogP contribution in [0.1, 0.15) is 12.5 Å². The molecule has 1 aromatic heterocycles. The molecule has 0 saturated heterocycles. The molecular formula is C19H19N3OS.